The van der Waals surface area contributed by atoms with Crippen LogP contribution < -0.4 is 10.6 Å². The van der Waals surface area contributed by atoms with E-state index in [2.05, 4.69) is 10.6 Å². The molecule has 0 fully saturated rings. The zero-order chi connectivity index (χ0) is 24.0. The second-order valence-corrected chi connectivity index (χ2v) is 8.09. The molecule has 0 aromatic heterocycles. The highest BCUT2D eigenvalue weighted by atomic mass is 16.5. The summed E-state index contributed by atoms with van der Waals surface area (Å²) in [7, 11) is 1.37. The molecular weight excluding hydrogens is 424 g/mol. The van der Waals surface area contributed by atoms with Crippen molar-refractivity contribution in [3.05, 3.63) is 59.7 Å². The predicted octanol–water partition coefficient (Wildman–Crippen LogP) is 3.30. The summed E-state index contributed by atoms with van der Waals surface area (Å²) in [5.74, 6) is -1.90. The Balaban J connectivity index is 1.65. The lowest BCUT2D eigenvalue weighted by Gasteiger charge is -2.30. The first-order valence-electron chi connectivity index (χ1n) is 11.0. The number of rotatable bonds is 10. The van der Waals surface area contributed by atoms with E-state index >= 15 is 0 Å². The van der Waals surface area contributed by atoms with Gasteiger partial charge in [-0.15, -0.1) is 0 Å². The van der Waals surface area contributed by atoms with Gasteiger partial charge in [-0.1, -0.05) is 62.4 Å². The molecule has 0 heterocycles. The number of fused-ring (bicyclic) bond motifs is 3. The first-order chi connectivity index (χ1) is 15.9. The molecule has 0 saturated carbocycles. The van der Waals surface area contributed by atoms with Crippen LogP contribution in [-0.4, -0.2) is 55.0 Å². The van der Waals surface area contributed by atoms with Gasteiger partial charge in [-0.3, -0.25) is 4.79 Å². The third-order valence-corrected chi connectivity index (χ3v) is 6.13. The summed E-state index contributed by atoms with van der Waals surface area (Å²) in [5, 5.41) is 14.7. The van der Waals surface area contributed by atoms with Crippen LogP contribution in [0.25, 0.3) is 11.1 Å². The van der Waals surface area contributed by atoms with Crippen molar-refractivity contribution in [1.29, 1.82) is 0 Å². The molecule has 2 amide bonds. The number of benzene rings is 2. The van der Waals surface area contributed by atoms with Crippen molar-refractivity contribution in [2.75, 3.05) is 20.3 Å². The highest BCUT2D eigenvalue weighted by molar-refractivity contribution is 5.91. The van der Waals surface area contributed by atoms with Gasteiger partial charge < -0.3 is 25.2 Å². The normalized spacial score (nSPS) is 15.0. The van der Waals surface area contributed by atoms with Crippen LogP contribution in [0.15, 0.2) is 48.5 Å². The van der Waals surface area contributed by atoms with Crippen molar-refractivity contribution in [1.82, 2.24) is 10.6 Å². The number of amides is 2. The molecule has 0 aliphatic heterocycles. The quantitative estimate of drug-likeness (QED) is 0.508. The van der Waals surface area contributed by atoms with Crippen LogP contribution in [0.3, 0.4) is 0 Å². The van der Waals surface area contributed by atoms with Gasteiger partial charge in [0.1, 0.15) is 12.6 Å². The van der Waals surface area contributed by atoms with Crippen molar-refractivity contribution in [2.45, 2.75) is 44.2 Å². The number of carboxylic acid groups (broad SMARTS) is 1. The molecule has 0 spiro atoms. The molecule has 8 nitrogen and oxygen atoms in total. The highest BCUT2D eigenvalue weighted by Crippen LogP contribution is 2.44. The maximum absolute atomic E-state index is 12.8. The largest absolute Gasteiger partial charge is 0.479 e. The van der Waals surface area contributed by atoms with Gasteiger partial charge in [0.15, 0.2) is 5.54 Å². The third kappa shape index (κ3) is 5.01. The number of methoxy groups -OCH3 is 1. The lowest BCUT2D eigenvalue weighted by Crippen LogP contribution is -2.61. The second kappa shape index (κ2) is 10.5. The van der Waals surface area contributed by atoms with E-state index in [0.29, 0.717) is 0 Å². The summed E-state index contributed by atoms with van der Waals surface area (Å²) >= 11 is 0. The average molecular weight is 455 g/mol. The van der Waals surface area contributed by atoms with E-state index < -0.39 is 29.6 Å². The lowest BCUT2D eigenvalue weighted by atomic mass is 9.96. The fourth-order valence-electron chi connectivity index (χ4n) is 4.20. The Labute approximate surface area is 193 Å². The molecular formula is C25H30N2O6. The molecule has 2 aromatic rings. The molecule has 8 heteroatoms. The van der Waals surface area contributed by atoms with Gasteiger partial charge in [0.25, 0.3) is 0 Å². The molecule has 0 saturated heterocycles. The molecule has 0 radical (unpaired) electrons. The average Bonchev–Trinajstić information content (AvgIpc) is 3.14. The van der Waals surface area contributed by atoms with Crippen LogP contribution >= 0.6 is 0 Å². The molecule has 3 N–H and O–H groups in total. The Bertz CT molecular complexity index is 978. The zero-order valence-corrected chi connectivity index (χ0v) is 19.1. The summed E-state index contributed by atoms with van der Waals surface area (Å²) in [6, 6.07) is 15.1. The van der Waals surface area contributed by atoms with Crippen LogP contribution in [0.2, 0.25) is 0 Å². The number of carbonyl (C=O) groups excluding carboxylic acids is 2. The molecule has 33 heavy (non-hydrogen) atoms. The smallest absolute Gasteiger partial charge is 0.407 e. The molecule has 176 valence electrons. The molecule has 0 bridgehead atoms. The van der Waals surface area contributed by atoms with Crippen LogP contribution in [0.4, 0.5) is 4.79 Å². The molecule has 2 aromatic carbocycles. The molecule has 1 aliphatic carbocycles. The minimum absolute atomic E-state index is 0.0986. The second-order valence-electron chi connectivity index (χ2n) is 8.09. The minimum Gasteiger partial charge on any atom is -0.479 e. The Morgan fingerprint density at radius 2 is 1.61 bits per heavy atom. The predicted molar refractivity (Wildman–Crippen MR) is 123 cm³/mol. The topological polar surface area (TPSA) is 114 Å². The summed E-state index contributed by atoms with van der Waals surface area (Å²) in [6.45, 7) is 3.30. The monoisotopic (exact) mass is 454 g/mol. The third-order valence-electron chi connectivity index (χ3n) is 6.13. The Morgan fingerprint density at radius 3 is 2.09 bits per heavy atom. The van der Waals surface area contributed by atoms with Gasteiger partial charge in [-0.25, -0.2) is 9.59 Å². The fraction of sp³-hybridized carbons (Fsp3) is 0.400. The first kappa shape index (κ1) is 24.3. The number of aliphatic carboxylic acids is 1. The Kier molecular flexibility index (Phi) is 7.71. The van der Waals surface area contributed by atoms with Crippen LogP contribution in [0, 0.1) is 0 Å². The number of alkyl carbamates (subject to hydrolysis) is 1. The number of carboxylic acids is 1. The van der Waals surface area contributed by atoms with E-state index in [-0.39, 0.29) is 32.0 Å². The lowest BCUT2D eigenvalue weighted by molar-refractivity contribution is -0.150. The molecule has 3 rings (SSSR count). The van der Waals surface area contributed by atoms with E-state index in [9.17, 15) is 19.5 Å². The van der Waals surface area contributed by atoms with Crippen molar-refractivity contribution >= 4 is 18.0 Å². The van der Waals surface area contributed by atoms with Gasteiger partial charge >= 0.3 is 12.1 Å². The number of ether oxygens (including phenoxy) is 2. The van der Waals surface area contributed by atoms with E-state index in [0.717, 1.165) is 22.3 Å². The summed E-state index contributed by atoms with van der Waals surface area (Å²) < 4.78 is 10.5. The Hall–Kier alpha value is -3.39. The molecule has 1 unspecified atom stereocenters. The van der Waals surface area contributed by atoms with E-state index in [1.807, 2.05) is 48.5 Å². The summed E-state index contributed by atoms with van der Waals surface area (Å²) in [6.07, 6.45) is -0.339. The maximum atomic E-state index is 12.8. The van der Waals surface area contributed by atoms with Crippen LogP contribution in [-0.2, 0) is 19.1 Å². The van der Waals surface area contributed by atoms with Gasteiger partial charge in [-0.2, -0.15) is 0 Å². The number of nitrogens with one attached hydrogen (secondary N) is 2. The van der Waals surface area contributed by atoms with Gasteiger partial charge in [0, 0.05) is 13.0 Å². The van der Waals surface area contributed by atoms with Gasteiger partial charge in [-0.05, 0) is 35.1 Å². The highest BCUT2D eigenvalue weighted by Gasteiger charge is 2.40. The van der Waals surface area contributed by atoms with E-state index in [1.165, 1.54) is 7.11 Å². The molecule has 1 aliphatic rings. The number of hydrogen-bond donors (Lipinski definition) is 3. The summed E-state index contributed by atoms with van der Waals surface area (Å²) in [4.78, 5) is 37.0. The van der Waals surface area contributed by atoms with E-state index in [4.69, 9.17) is 9.47 Å². The first-order valence-corrected chi connectivity index (χ1v) is 11.0. The Morgan fingerprint density at radius 1 is 1.03 bits per heavy atom. The summed E-state index contributed by atoms with van der Waals surface area (Å²) in [5.41, 5.74) is 2.85. The minimum atomic E-state index is -1.57. The standard InChI is InChI=1S/C25H30N2O6/c1-4-21(22(28)27-25(5-2,15-32-3)23(29)30)26-24(31)33-14-20-18-12-8-6-10-16(18)17-11-7-9-13-19(17)20/h6-13,20-21H,4-5,14-15H2,1-3H3,(H,26,31)(H,27,28)(H,29,30)/t21-,25?/m0/s1. The van der Waals surface area contributed by atoms with Crippen molar-refractivity contribution in [3.63, 3.8) is 0 Å². The van der Waals surface area contributed by atoms with Crippen molar-refractivity contribution < 1.29 is 29.0 Å². The van der Waals surface area contributed by atoms with Crippen molar-refractivity contribution in [2.24, 2.45) is 0 Å². The van der Waals surface area contributed by atoms with Gasteiger partial charge in [0.05, 0.1) is 6.61 Å². The van der Waals surface area contributed by atoms with Crippen LogP contribution in [0.1, 0.15) is 43.7 Å². The fourth-order valence-corrected chi connectivity index (χ4v) is 4.20. The zero-order valence-electron chi connectivity index (χ0n) is 19.1. The van der Waals surface area contributed by atoms with E-state index in [1.54, 1.807) is 13.8 Å². The van der Waals surface area contributed by atoms with Gasteiger partial charge in [0.2, 0.25) is 5.91 Å². The molecule has 2 atom stereocenters. The SMILES string of the molecule is CC[C@H](NC(=O)OCC1c2ccccc2-c2ccccc21)C(=O)NC(CC)(COC)C(=O)O. The van der Waals surface area contributed by atoms with Crippen LogP contribution in [0.5, 0.6) is 0 Å². The maximum Gasteiger partial charge on any atom is 0.407 e. The number of carbonyl (C=O) groups is 3. The number of hydrogen-bond acceptors (Lipinski definition) is 5. The van der Waals surface area contributed by atoms with Crippen molar-refractivity contribution in [3.8, 4) is 11.1 Å².